The summed E-state index contributed by atoms with van der Waals surface area (Å²) >= 11 is 3.59. The Morgan fingerprint density at radius 2 is 2.25 bits per heavy atom. The summed E-state index contributed by atoms with van der Waals surface area (Å²) in [6, 6.07) is 6.32. The molecule has 5 heteroatoms. The molecule has 0 unspecified atom stereocenters. The van der Waals surface area contributed by atoms with Gasteiger partial charge in [-0.15, -0.1) is 0 Å². The minimum absolute atomic E-state index is 0.540. The van der Waals surface area contributed by atoms with Crippen molar-refractivity contribution >= 4 is 15.9 Å². The van der Waals surface area contributed by atoms with Gasteiger partial charge in [0.05, 0.1) is 12.4 Å². The van der Waals surface area contributed by atoms with Gasteiger partial charge in [-0.25, -0.2) is 0 Å². The molecule has 0 saturated carbocycles. The molecular weight excluding hydrogens is 318 g/mol. The van der Waals surface area contributed by atoms with E-state index >= 15 is 0 Å². The Balaban J connectivity index is 1.95. The average molecular weight is 338 g/mol. The Kier molecular flexibility index (Phi) is 5.61. The van der Waals surface area contributed by atoms with E-state index in [1.165, 1.54) is 5.56 Å². The van der Waals surface area contributed by atoms with Crippen LogP contribution in [0.3, 0.4) is 0 Å². The van der Waals surface area contributed by atoms with E-state index < -0.39 is 0 Å². The van der Waals surface area contributed by atoms with Gasteiger partial charge in [-0.3, -0.25) is 4.68 Å². The van der Waals surface area contributed by atoms with Gasteiger partial charge in [0.2, 0.25) is 0 Å². The van der Waals surface area contributed by atoms with Crippen molar-refractivity contribution in [2.75, 3.05) is 7.05 Å². The lowest BCUT2D eigenvalue weighted by atomic mass is 10.1. The van der Waals surface area contributed by atoms with Crippen molar-refractivity contribution in [3.8, 4) is 5.75 Å². The minimum atomic E-state index is 0.540. The third-order valence-corrected chi connectivity index (χ3v) is 3.69. The summed E-state index contributed by atoms with van der Waals surface area (Å²) in [6.45, 7) is 4.46. The largest absolute Gasteiger partial charge is 0.486 e. The van der Waals surface area contributed by atoms with Crippen molar-refractivity contribution in [3.05, 3.63) is 46.2 Å². The van der Waals surface area contributed by atoms with Crippen molar-refractivity contribution in [2.45, 2.75) is 33.0 Å². The average Bonchev–Trinajstić information content (AvgIpc) is 2.86. The first kappa shape index (κ1) is 15.1. The molecule has 0 spiro atoms. The first-order valence-corrected chi connectivity index (χ1v) is 7.59. The van der Waals surface area contributed by atoms with Crippen LogP contribution in [0, 0.1) is 0 Å². The van der Waals surface area contributed by atoms with Crippen LogP contribution in [0.15, 0.2) is 35.1 Å². The summed E-state index contributed by atoms with van der Waals surface area (Å²) in [4.78, 5) is 0. The SMILES string of the molecule is CCCn1cc(OCc2ccc(CNC)cc2Br)cn1. The standard InChI is InChI=1S/C15H20BrN3O/c1-3-6-19-10-14(9-18-19)20-11-13-5-4-12(8-17-2)7-15(13)16/h4-5,7,9-10,17H,3,6,8,11H2,1-2H3. The summed E-state index contributed by atoms with van der Waals surface area (Å²) < 4.78 is 8.75. The molecule has 0 aliphatic rings. The van der Waals surface area contributed by atoms with Crippen LogP contribution >= 0.6 is 15.9 Å². The van der Waals surface area contributed by atoms with Crippen LogP contribution < -0.4 is 10.1 Å². The van der Waals surface area contributed by atoms with Crippen LogP contribution in [-0.4, -0.2) is 16.8 Å². The topological polar surface area (TPSA) is 39.1 Å². The van der Waals surface area contributed by atoms with Crippen LogP contribution in [-0.2, 0) is 19.7 Å². The lowest BCUT2D eigenvalue weighted by Crippen LogP contribution is -2.05. The molecule has 0 amide bonds. The van der Waals surface area contributed by atoms with Crippen LogP contribution in [0.2, 0.25) is 0 Å². The van der Waals surface area contributed by atoms with E-state index in [1.807, 2.05) is 17.9 Å². The maximum Gasteiger partial charge on any atom is 0.157 e. The van der Waals surface area contributed by atoms with Crippen molar-refractivity contribution in [1.82, 2.24) is 15.1 Å². The van der Waals surface area contributed by atoms with Crippen molar-refractivity contribution in [2.24, 2.45) is 0 Å². The third-order valence-electron chi connectivity index (χ3n) is 2.95. The molecule has 2 rings (SSSR count). The molecule has 0 atom stereocenters. The highest BCUT2D eigenvalue weighted by atomic mass is 79.9. The second kappa shape index (κ2) is 7.45. The number of aromatic nitrogens is 2. The number of hydrogen-bond acceptors (Lipinski definition) is 3. The van der Waals surface area contributed by atoms with Gasteiger partial charge in [-0.2, -0.15) is 5.10 Å². The van der Waals surface area contributed by atoms with Crippen LogP contribution in [0.1, 0.15) is 24.5 Å². The molecule has 0 aliphatic heterocycles. The smallest absolute Gasteiger partial charge is 0.157 e. The summed E-state index contributed by atoms with van der Waals surface area (Å²) in [5.41, 5.74) is 2.38. The fourth-order valence-corrected chi connectivity index (χ4v) is 2.49. The summed E-state index contributed by atoms with van der Waals surface area (Å²) in [7, 11) is 1.94. The molecule has 4 nitrogen and oxygen atoms in total. The minimum Gasteiger partial charge on any atom is -0.486 e. The monoisotopic (exact) mass is 337 g/mol. The number of benzene rings is 1. The molecule has 0 saturated heterocycles. The summed E-state index contributed by atoms with van der Waals surface area (Å²) in [5.74, 6) is 0.810. The van der Waals surface area contributed by atoms with Crippen LogP contribution in [0.4, 0.5) is 0 Å². The number of hydrogen-bond donors (Lipinski definition) is 1. The second-order valence-corrected chi connectivity index (χ2v) is 5.54. The highest BCUT2D eigenvalue weighted by Gasteiger charge is 2.04. The van der Waals surface area contributed by atoms with Crippen molar-refractivity contribution < 1.29 is 4.74 Å². The molecule has 0 aliphatic carbocycles. The predicted molar refractivity (Wildman–Crippen MR) is 83.8 cm³/mol. The molecule has 0 bridgehead atoms. The number of aryl methyl sites for hydroxylation is 1. The number of rotatable bonds is 7. The molecule has 1 heterocycles. The van der Waals surface area contributed by atoms with E-state index in [0.717, 1.165) is 35.3 Å². The molecule has 2 aromatic rings. The fraction of sp³-hybridized carbons (Fsp3) is 0.400. The van der Waals surface area contributed by atoms with Gasteiger partial charge in [-0.05, 0) is 25.1 Å². The number of nitrogens with one attached hydrogen (secondary N) is 1. The molecule has 0 radical (unpaired) electrons. The Hall–Kier alpha value is -1.33. The summed E-state index contributed by atoms with van der Waals surface area (Å²) in [6.07, 6.45) is 4.77. The first-order chi connectivity index (χ1) is 9.72. The van der Waals surface area contributed by atoms with Gasteiger partial charge in [0.15, 0.2) is 5.75 Å². The van der Waals surface area contributed by atoms with E-state index in [9.17, 15) is 0 Å². The molecule has 1 aromatic carbocycles. The fourth-order valence-electron chi connectivity index (χ4n) is 1.95. The normalized spacial score (nSPS) is 10.8. The molecular formula is C15H20BrN3O. The zero-order valence-corrected chi connectivity index (χ0v) is 13.5. The van der Waals surface area contributed by atoms with Crippen molar-refractivity contribution in [1.29, 1.82) is 0 Å². The van der Waals surface area contributed by atoms with E-state index in [4.69, 9.17) is 4.74 Å². The van der Waals surface area contributed by atoms with Gasteiger partial charge in [0.25, 0.3) is 0 Å². The second-order valence-electron chi connectivity index (χ2n) is 4.68. The highest BCUT2D eigenvalue weighted by Crippen LogP contribution is 2.21. The number of nitrogens with zero attached hydrogens (tertiary/aromatic N) is 2. The molecule has 1 N–H and O–H groups in total. The van der Waals surface area contributed by atoms with Crippen molar-refractivity contribution in [3.63, 3.8) is 0 Å². The molecule has 20 heavy (non-hydrogen) atoms. The van der Waals surface area contributed by atoms with Crippen LogP contribution in [0.5, 0.6) is 5.75 Å². The van der Waals surface area contributed by atoms with Gasteiger partial charge in [-0.1, -0.05) is 35.0 Å². The Morgan fingerprint density at radius 3 is 2.95 bits per heavy atom. The Bertz CT molecular complexity index is 554. The predicted octanol–water partition coefficient (Wildman–Crippen LogP) is 3.35. The maximum absolute atomic E-state index is 5.77. The highest BCUT2D eigenvalue weighted by molar-refractivity contribution is 9.10. The third kappa shape index (κ3) is 4.08. The zero-order valence-electron chi connectivity index (χ0n) is 11.9. The van der Waals surface area contributed by atoms with Gasteiger partial charge in [0.1, 0.15) is 6.61 Å². The first-order valence-electron chi connectivity index (χ1n) is 6.80. The van der Waals surface area contributed by atoms with Crippen LogP contribution in [0.25, 0.3) is 0 Å². The lowest BCUT2D eigenvalue weighted by Gasteiger charge is -2.08. The van der Waals surface area contributed by atoms with E-state index in [0.29, 0.717) is 6.61 Å². The quantitative estimate of drug-likeness (QED) is 0.841. The van der Waals surface area contributed by atoms with E-state index in [1.54, 1.807) is 6.20 Å². The lowest BCUT2D eigenvalue weighted by molar-refractivity contribution is 0.305. The van der Waals surface area contributed by atoms with E-state index in [2.05, 4.69) is 51.5 Å². The van der Waals surface area contributed by atoms with Gasteiger partial charge in [0, 0.05) is 23.1 Å². The maximum atomic E-state index is 5.77. The van der Waals surface area contributed by atoms with Gasteiger partial charge < -0.3 is 10.1 Å². The van der Waals surface area contributed by atoms with E-state index in [-0.39, 0.29) is 0 Å². The molecule has 108 valence electrons. The Labute approximate surface area is 128 Å². The number of halogens is 1. The molecule has 1 aromatic heterocycles. The number of ether oxygens (including phenoxy) is 1. The summed E-state index contributed by atoms with van der Waals surface area (Å²) in [5, 5.41) is 7.39. The van der Waals surface area contributed by atoms with Gasteiger partial charge >= 0.3 is 0 Å². The Morgan fingerprint density at radius 1 is 1.40 bits per heavy atom. The molecule has 0 fully saturated rings. The zero-order chi connectivity index (χ0) is 14.4.